The third-order valence-corrected chi connectivity index (χ3v) is 2.98. The molecule has 70 valence electrons. The topological polar surface area (TPSA) is 3.24 Å². The van der Waals surface area contributed by atoms with Crippen LogP contribution in [0.4, 0.5) is 0 Å². The maximum Gasteiger partial charge on any atom is 0.0202 e. The zero-order valence-electron chi connectivity index (χ0n) is 8.08. The van der Waals surface area contributed by atoms with Crippen LogP contribution in [-0.4, -0.2) is 24.5 Å². The molecular weight excluding hydrogens is 158 g/mol. The van der Waals surface area contributed by atoms with Crippen LogP contribution in [0.2, 0.25) is 0 Å². The van der Waals surface area contributed by atoms with E-state index in [0.29, 0.717) is 0 Å². The highest BCUT2D eigenvalue weighted by Gasteiger charge is 2.22. The summed E-state index contributed by atoms with van der Waals surface area (Å²) < 4.78 is 0. The molecule has 0 amide bonds. The first kappa shape index (κ1) is 8.76. The average molecular weight is 175 g/mol. The first-order chi connectivity index (χ1) is 6.40. The Morgan fingerprint density at radius 1 is 1.62 bits per heavy atom. The fraction of sp³-hybridized carbons (Fsp3) is 0.500. The number of allylic oxidation sites excluding steroid dienone is 3. The molecule has 13 heavy (non-hydrogen) atoms. The van der Waals surface area contributed by atoms with Crippen LogP contribution < -0.4 is 0 Å². The number of hydrogen-bond donors (Lipinski definition) is 0. The molecule has 1 heterocycles. The predicted octanol–water partition coefficient (Wildman–Crippen LogP) is 2.38. The highest BCUT2D eigenvalue weighted by atomic mass is 15.1. The molecule has 2 aliphatic rings. The lowest BCUT2D eigenvalue weighted by atomic mass is 9.85. The van der Waals surface area contributed by atoms with E-state index in [0.717, 1.165) is 19.0 Å². The van der Waals surface area contributed by atoms with Crippen molar-refractivity contribution in [3.8, 4) is 0 Å². The standard InChI is InChI=1S/C12H17N/c1-2-8-13-9-7-11-5-3-4-6-12(11)10-13/h2-4,6,11H,1,5,7-10H2. The summed E-state index contributed by atoms with van der Waals surface area (Å²) in [6.07, 6.45) is 11.4. The molecule has 0 saturated carbocycles. The molecule has 1 aliphatic carbocycles. The molecule has 1 heteroatoms. The maximum atomic E-state index is 3.78. The summed E-state index contributed by atoms with van der Waals surface area (Å²) in [7, 11) is 0. The van der Waals surface area contributed by atoms with Gasteiger partial charge in [-0.3, -0.25) is 4.90 Å². The van der Waals surface area contributed by atoms with E-state index in [1.807, 2.05) is 6.08 Å². The van der Waals surface area contributed by atoms with Crippen LogP contribution in [0.3, 0.4) is 0 Å². The van der Waals surface area contributed by atoms with Crippen molar-refractivity contribution in [1.29, 1.82) is 0 Å². The predicted molar refractivity (Wildman–Crippen MR) is 56.6 cm³/mol. The van der Waals surface area contributed by atoms with Gasteiger partial charge in [0.2, 0.25) is 0 Å². The van der Waals surface area contributed by atoms with E-state index in [2.05, 4.69) is 29.7 Å². The zero-order valence-corrected chi connectivity index (χ0v) is 8.08. The summed E-state index contributed by atoms with van der Waals surface area (Å²) in [6.45, 7) is 7.21. The molecule has 0 N–H and O–H groups in total. The number of hydrogen-bond acceptors (Lipinski definition) is 1. The molecule has 1 atom stereocenters. The minimum atomic E-state index is 0.839. The van der Waals surface area contributed by atoms with Gasteiger partial charge in [0, 0.05) is 13.1 Å². The Labute approximate surface area is 80.4 Å². The van der Waals surface area contributed by atoms with Crippen LogP contribution in [0.25, 0.3) is 0 Å². The Morgan fingerprint density at radius 2 is 2.54 bits per heavy atom. The summed E-state index contributed by atoms with van der Waals surface area (Å²) in [5.41, 5.74) is 1.62. The Kier molecular flexibility index (Phi) is 2.65. The first-order valence-corrected chi connectivity index (χ1v) is 5.09. The van der Waals surface area contributed by atoms with Gasteiger partial charge in [0.1, 0.15) is 0 Å². The lowest BCUT2D eigenvalue weighted by Crippen LogP contribution is -2.35. The van der Waals surface area contributed by atoms with Gasteiger partial charge >= 0.3 is 0 Å². The van der Waals surface area contributed by atoms with E-state index >= 15 is 0 Å². The highest BCUT2D eigenvalue weighted by Crippen LogP contribution is 2.28. The Morgan fingerprint density at radius 3 is 3.38 bits per heavy atom. The second kappa shape index (κ2) is 3.93. The summed E-state index contributed by atoms with van der Waals surface area (Å²) in [5, 5.41) is 0. The van der Waals surface area contributed by atoms with E-state index in [4.69, 9.17) is 0 Å². The fourth-order valence-electron chi connectivity index (χ4n) is 2.22. The summed E-state index contributed by atoms with van der Waals surface area (Å²) in [4.78, 5) is 2.47. The van der Waals surface area contributed by atoms with Gasteiger partial charge in [0.15, 0.2) is 0 Å². The molecule has 2 rings (SSSR count). The van der Waals surface area contributed by atoms with Gasteiger partial charge in [-0.1, -0.05) is 29.9 Å². The number of fused-ring (bicyclic) bond motifs is 1. The molecule has 1 unspecified atom stereocenters. The van der Waals surface area contributed by atoms with Crippen molar-refractivity contribution in [3.63, 3.8) is 0 Å². The quantitative estimate of drug-likeness (QED) is 0.582. The molecular formula is C12H17N. The highest BCUT2D eigenvalue weighted by molar-refractivity contribution is 5.23. The molecule has 0 spiro atoms. The van der Waals surface area contributed by atoms with Gasteiger partial charge in [-0.15, -0.1) is 6.58 Å². The molecule has 1 nitrogen and oxygen atoms in total. The normalized spacial score (nSPS) is 28.0. The van der Waals surface area contributed by atoms with Crippen LogP contribution in [0, 0.1) is 5.92 Å². The van der Waals surface area contributed by atoms with Gasteiger partial charge in [-0.2, -0.15) is 0 Å². The Bertz CT molecular complexity index is 250. The number of nitrogens with zero attached hydrogens (tertiary/aromatic N) is 1. The van der Waals surface area contributed by atoms with Gasteiger partial charge in [-0.25, -0.2) is 0 Å². The largest absolute Gasteiger partial charge is 0.296 e. The first-order valence-electron chi connectivity index (χ1n) is 5.09. The smallest absolute Gasteiger partial charge is 0.0202 e. The Balaban J connectivity index is 2.01. The van der Waals surface area contributed by atoms with E-state index in [1.54, 1.807) is 5.57 Å². The fourth-order valence-corrected chi connectivity index (χ4v) is 2.22. The van der Waals surface area contributed by atoms with Crippen LogP contribution in [-0.2, 0) is 0 Å². The van der Waals surface area contributed by atoms with E-state index < -0.39 is 0 Å². The van der Waals surface area contributed by atoms with Crippen molar-refractivity contribution in [2.75, 3.05) is 19.6 Å². The summed E-state index contributed by atoms with van der Waals surface area (Å²) >= 11 is 0. The number of rotatable bonds is 2. The third-order valence-electron chi connectivity index (χ3n) is 2.98. The minimum absolute atomic E-state index is 0.839. The van der Waals surface area contributed by atoms with Crippen molar-refractivity contribution in [3.05, 3.63) is 36.5 Å². The Hall–Kier alpha value is -0.820. The molecule has 0 aromatic heterocycles. The SMILES string of the molecule is C=CCN1CCC2CC=CC=C2C1. The second-order valence-electron chi connectivity index (χ2n) is 3.91. The molecule has 1 fully saturated rings. The van der Waals surface area contributed by atoms with E-state index in [9.17, 15) is 0 Å². The van der Waals surface area contributed by atoms with Crippen LogP contribution in [0.5, 0.6) is 0 Å². The molecule has 0 radical (unpaired) electrons. The van der Waals surface area contributed by atoms with Gasteiger partial charge < -0.3 is 0 Å². The van der Waals surface area contributed by atoms with Gasteiger partial charge in [0.05, 0.1) is 0 Å². The third kappa shape index (κ3) is 1.92. The maximum absolute atomic E-state index is 3.78. The van der Waals surface area contributed by atoms with E-state index in [1.165, 1.54) is 19.4 Å². The number of likely N-dealkylation sites (tertiary alicyclic amines) is 1. The lowest BCUT2D eigenvalue weighted by Gasteiger charge is -2.34. The monoisotopic (exact) mass is 175 g/mol. The molecule has 1 aliphatic heterocycles. The molecule has 0 aromatic carbocycles. The molecule has 0 aromatic rings. The summed E-state index contributed by atoms with van der Waals surface area (Å²) in [5.74, 6) is 0.839. The van der Waals surface area contributed by atoms with Crippen LogP contribution in [0.15, 0.2) is 36.5 Å². The lowest BCUT2D eigenvalue weighted by molar-refractivity contribution is 0.254. The zero-order chi connectivity index (χ0) is 9.10. The van der Waals surface area contributed by atoms with Gasteiger partial charge in [-0.05, 0) is 25.3 Å². The van der Waals surface area contributed by atoms with E-state index in [-0.39, 0.29) is 0 Å². The number of piperidine rings is 1. The average Bonchev–Trinajstić information content (AvgIpc) is 2.18. The van der Waals surface area contributed by atoms with Crippen LogP contribution >= 0.6 is 0 Å². The molecule has 1 saturated heterocycles. The van der Waals surface area contributed by atoms with Crippen molar-refractivity contribution >= 4 is 0 Å². The molecule has 0 bridgehead atoms. The van der Waals surface area contributed by atoms with Crippen molar-refractivity contribution in [1.82, 2.24) is 4.90 Å². The van der Waals surface area contributed by atoms with Crippen molar-refractivity contribution in [2.24, 2.45) is 5.92 Å². The summed E-state index contributed by atoms with van der Waals surface area (Å²) in [6, 6.07) is 0. The van der Waals surface area contributed by atoms with Crippen molar-refractivity contribution in [2.45, 2.75) is 12.8 Å². The van der Waals surface area contributed by atoms with Gasteiger partial charge in [0.25, 0.3) is 0 Å². The second-order valence-corrected chi connectivity index (χ2v) is 3.91. The minimum Gasteiger partial charge on any atom is -0.296 e. The van der Waals surface area contributed by atoms with Crippen LogP contribution in [0.1, 0.15) is 12.8 Å². The van der Waals surface area contributed by atoms with Crippen molar-refractivity contribution < 1.29 is 0 Å².